The van der Waals surface area contributed by atoms with E-state index in [0.717, 1.165) is 5.56 Å². The first-order valence-corrected chi connectivity index (χ1v) is 9.16. The number of benzene rings is 1. The van der Waals surface area contributed by atoms with Gasteiger partial charge in [-0.25, -0.2) is 9.59 Å². The topological polar surface area (TPSA) is 135 Å². The van der Waals surface area contributed by atoms with Gasteiger partial charge in [-0.05, 0) is 52.3 Å². The van der Waals surface area contributed by atoms with Gasteiger partial charge in [0.15, 0.2) is 0 Å². The van der Waals surface area contributed by atoms with Crippen molar-refractivity contribution in [3.63, 3.8) is 0 Å². The minimum Gasteiger partial charge on any atom is -0.462 e. The number of anilines is 2. The van der Waals surface area contributed by atoms with Crippen LogP contribution in [0.3, 0.4) is 0 Å². The van der Waals surface area contributed by atoms with Gasteiger partial charge in [-0.15, -0.1) is 0 Å². The van der Waals surface area contributed by atoms with Crippen LogP contribution in [-0.2, 0) is 19.1 Å². The van der Waals surface area contributed by atoms with Crippen molar-refractivity contribution in [2.45, 2.75) is 46.8 Å². The van der Waals surface area contributed by atoms with E-state index in [4.69, 9.17) is 9.47 Å². The largest absolute Gasteiger partial charge is 0.462 e. The zero-order chi connectivity index (χ0) is 22.0. The molecule has 0 spiro atoms. The van der Waals surface area contributed by atoms with Gasteiger partial charge < -0.3 is 30.7 Å². The van der Waals surface area contributed by atoms with E-state index in [-0.39, 0.29) is 25.3 Å². The van der Waals surface area contributed by atoms with Crippen LogP contribution in [0, 0.1) is 6.92 Å². The van der Waals surface area contributed by atoms with Gasteiger partial charge in [-0.1, -0.05) is 6.07 Å². The lowest BCUT2D eigenvalue weighted by Crippen LogP contribution is -2.35. The molecule has 0 aliphatic rings. The van der Waals surface area contributed by atoms with E-state index in [2.05, 4.69) is 21.3 Å². The van der Waals surface area contributed by atoms with Crippen LogP contribution in [0.4, 0.5) is 21.0 Å². The molecule has 0 bridgehead atoms. The average Bonchev–Trinajstić information content (AvgIpc) is 2.60. The standard InChI is InChI=1S/C19H28N4O6/c1-11(2)28-16(24)9-20-18(26)22-14-7-6-13(5)15(8-14)23-19(27)21-10-17(25)29-12(3)4/h6-8,11-12H,9-10H2,1-5H3,(H2,20,22,26)(H2,21,23,27). The first kappa shape index (κ1) is 23.7. The fourth-order valence-corrected chi connectivity index (χ4v) is 2.09. The summed E-state index contributed by atoms with van der Waals surface area (Å²) >= 11 is 0. The molecule has 0 saturated heterocycles. The van der Waals surface area contributed by atoms with Crippen molar-refractivity contribution in [1.29, 1.82) is 0 Å². The van der Waals surface area contributed by atoms with Crippen LogP contribution in [-0.4, -0.2) is 49.3 Å². The van der Waals surface area contributed by atoms with Crippen LogP contribution in [0.2, 0.25) is 0 Å². The first-order valence-electron chi connectivity index (χ1n) is 9.16. The fraction of sp³-hybridized carbons (Fsp3) is 0.474. The molecule has 4 N–H and O–H groups in total. The Hall–Kier alpha value is -3.30. The van der Waals surface area contributed by atoms with Gasteiger partial charge in [-0.3, -0.25) is 9.59 Å². The number of amides is 4. The molecule has 0 unspecified atom stereocenters. The van der Waals surface area contributed by atoms with Gasteiger partial charge in [0.05, 0.1) is 12.2 Å². The first-order chi connectivity index (χ1) is 13.6. The molecule has 0 aromatic heterocycles. The summed E-state index contributed by atoms with van der Waals surface area (Å²) in [5, 5.41) is 9.94. The number of carbonyl (C=O) groups is 4. The van der Waals surface area contributed by atoms with Crippen molar-refractivity contribution in [3.05, 3.63) is 23.8 Å². The second kappa shape index (κ2) is 11.5. The van der Waals surface area contributed by atoms with Crippen LogP contribution in [0.5, 0.6) is 0 Å². The summed E-state index contributed by atoms with van der Waals surface area (Å²) in [6, 6.07) is 3.71. The summed E-state index contributed by atoms with van der Waals surface area (Å²) in [5.41, 5.74) is 1.59. The van der Waals surface area contributed by atoms with Gasteiger partial charge in [0.1, 0.15) is 13.1 Å². The van der Waals surface area contributed by atoms with Crippen LogP contribution >= 0.6 is 0 Å². The Balaban J connectivity index is 2.57. The van der Waals surface area contributed by atoms with Crippen LogP contribution in [0.15, 0.2) is 18.2 Å². The normalized spacial score (nSPS) is 10.3. The number of esters is 2. The van der Waals surface area contributed by atoms with E-state index >= 15 is 0 Å². The number of rotatable bonds is 8. The van der Waals surface area contributed by atoms with Gasteiger partial charge >= 0.3 is 24.0 Å². The molecule has 0 aliphatic heterocycles. The SMILES string of the molecule is Cc1ccc(NC(=O)NCC(=O)OC(C)C)cc1NC(=O)NCC(=O)OC(C)C. The molecule has 1 rings (SSSR count). The second-order valence-corrected chi connectivity index (χ2v) is 6.72. The smallest absolute Gasteiger partial charge is 0.325 e. The van der Waals surface area contributed by atoms with E-state index < -0.39 is 24.0 Å². The zero-order valence-electron chi connectivity index (χ0n) is 17.3. The van der Waals surface area contributed by atoms with E-state index in [9.17, 15) is 19.2 Å². The number of urea groups is 2. The number of hydrogen-bond donors (Lipinski definition) is 4. The summed E-state index contributed by atoms with van der Waals surface area (Å²) in [6.45, 7) is 8.08. The van der Waals surface area contributed by atoms with Crippen LogP contribution < -0.4 is 21.3 Å². The Morgan fingerprint density at radius 2 is 1.31 bits per heavy atom. The predicted molar refractivity (Wildman–Crippen MR) is 108 cm³/mol. The maximum Gasteiger partial charge on any atom is 0.325 e. The van der Waals surface area contributed by atoms with Gasteiger partial charge in [-0.2, -0.15) is 0 Å². The third kappa shape index (κ3) is 9.99. The minimum absolute atomic E-state index is 0.267. The summed E-state index contributed by atoms with van der Waals surface area (Å²) in [6.07, 6.45) is -0.535. The Labute approximate surface area is 169 Å². The second-order valence-electron chi connectivity index (χ2n) is 6.72. The molecule has 0 saturated carbocycles. The minimum atomic E-state index is -0.596. The summed E-state index contributed by atoms with van der Waals surface area (Å²) in [4.78, 5) is 46.8. The zero-order valence-corrected chi connectivity index (χ0v) is 17.3. The van der Waals surface area contributed by atoms with E-state index in [1.807, 2.05) is 0 Å². The molecule has 0 atom stereocenters. The molecule has 0 radical (unpaired) electrons. The quantitative estimate of drug-likeness (QED) is 0.487. The van der Waals surface area contributed by atoms with E-state index in [1.54, 1.807) is 52.8 Å². The maximum absolute atomic E-state index is 12.0. The van der Waals surface area contributed by atoms with Crippen molar-refractivity contribution < 1.29 is 28.7 Å². The average molecular weight is 408 g/mol. The maximum atomic E-state index is 12.0. The number of aryl methyl sites for hydroxylation is 1. The molecule has 0 aliphatic carbocycles. The third-order valence-electron chi connectivity index (χ3n) is 3.26. The van der Waals surface area contributed by atoms with Gasteiger partial charge in [0, 0.05) is 11.4 Å². The number of carbonyl (C=O) groups excluding carboxylic acids is 4. The Bertz CT molecular complexity index is 748. The van der Waals surface area contributed by atoms with E-state index in [0.29, 0.717) is 11.4 Å². The molecule has 0 fully saturated rings. The Kier molecular flexibility index (Phi) is 9.43. The molecule has 160 valence electrons. The summed E-state index contributed by atoms with van der Waals surface area (Å²) < 4.78 is 9.85. The molecular formula is C19H28N4O6. The lowest BCUT2D eigenvalue weighted by molar-refractivity contribution is -0.147. The number of hydrogen-bond acceptors (Lipinski definition) is 6. The highest BCUT2D eigenvalue weighted by molar-refractivity contribution is 5.95. The molecule has 1 aromatic rings. The molecule has 10 heteroatoms. The lowest BCUT2D eigenvalue weighted by atomic mass is 10.2. The van der Waals surface area contributed by atoms with E-state index in [1.165, 1.54) is 0 Å². The van der Waals surface area contributed by atoms with Crippen molar-refractivity contribution in [1.82, 2.24) is 10.6 Å². The van der Waals surface area contributed by atoms with Gasteiger partial charge in [0.2, 0.25) is 0 Å². The van der Waals surface area contributed by atoms with Crippen molar-refractivity contribution in [2.24, 2.45) is 0 Å². The highest BCUT2D eigenvalue weighted by Crippen LogP contribution is 2.20. The number of ether oxygens (including phenoxy) is 2. The highest BCUT2D eigenvalue weighted by atomic mass is 16.5. The lowest BCUT2D eigenvalue weighted by Gasteiger charge is -2.13. The van der Waals surface area contributed by atoms with Crippen molar-refractivity contribution in [3.8, 4) is 0 Å². The summed E-state index contributed by atoms with van der Waals surface area (Å²) in [7, 11) is 0. The molecule has 29 heavy (non-hydrogen) atoms. The third-order valence-corrected chi connectivity index (χ3v) is 3.26. The monoisotopic (exact) mass is 408 g/mol. The van der Waals surface area contributed by atoms with Gasteiger partial charge in [0.25, 0.3) is 0 Å². The van der Waals surface area contributed by atoms with Crippen LogP contribution in [0.25, 0.3) is 0 Å². The molecule has 0 heterocycles. The molecule has 10 nitrogen and oxygen atoms in total. The highest BCUT2D eigenvalue weighted by Gasteiger charge is 2.11. The fourth-order valence-electron chi connectivity index (χ4n) is 2.09. The Morgan fingerprint density at radius 1 is 0.828 bits per heavy atom. The predicted octanol–water partition coefficient (Wildman–Crippen LogP) is 2.14. The molecule has 4 amide bonds. The number of nitrogens with one attached hydrogen (secondary N) is 4. The van der Waals surface area contributed by atoms with Crippen molar-refractivity contribution in [2.75, 3.05) is 23.7 Å². The summed E-state index contributed by atoms with van der Waals surface area (Å²) in [5.74, 6) is -1.09. The molecule has 1 aromatic carbocycles. The van der Waals surface area contributed by atoms with Crippen LogP contribution in [0.1, 0.15) is 33.3 Å². The molecular weight excluding hydrogens is 380 g/mol. The Morgan fingerprint density at radius 3 is 1.79 bits per heavy atom. The van der Waals surface area contributed by atoms with Crippen molar-refractivity contribution >= 4 is 35.4 Å².